The van der Waals surface area contributed by atoms with Gasteiger partial charge in [0, 0.05) is 10.4 Å². The summed E-state index contributed by atoms with van der Waals surface area (Å²) in [5, 5.41) is 11.2. The van der Waals surface area contributed by atoms with Gasteiger partial charge in [-0.15, -0.1) is 0 Å². The fourth-order valence-corrected chi connectivity index (χ4v) is 2.21. The molecule has 0 aliphatic carbocycles. The normalized spacial score (nSPS) is 12.5. The molecule has 1 atom stereocenters. The summed E-state index contributed by atoms with van der Waals surface area (Å²) in [5.41, 5.74) is 0.134. The van der Waals surface area contributed by atoms with Gasteiger partial charge in [-0.3, -0.25) is 0 Å². The zero-order valence-corrected chi connectivity index (χ0v) is 11.7. The number of para-hydroxylation sites is 1. The number of rotatable bonds is 4. The highest BCUT2D eigenvalue weighted by Crippen LogP contribution is 2.26. The molecule has 1 aromatic heterocycles. The highest BCUT2D eigenvalue weighted by molar-refractivity contribution is 6.30. The maximum atomic E-state index is 13.5. The minimum atomic E-state index is -0.990. The fraction of sp³-hybridized carbons (Fsp3) is 0.125. The third kappa shape index (κ3) is 3.01. The van der Waals surface area contributed by atoms with Crippen LogP contribution in [0.4, 0.5) is 4.39 Å². The summed E-state index contributed by atoms with van der Waals surface area (Å²) in [7, 11) is 0. The molecule has 2 aromatic carbocycles. The Bertz CT molecular complexity index is 769. The van der Waals surface area contributed by atoms with Gasteiger partial charge in [0.1, 0.15) is 24.2 Å². The fourth-order valence-electron chi connectivity index (χ4n) is 2.03. The third-order valence-electron chi connectivity index (χ3n) is 3.05. The number of fused-ring (bicyclic) bond motifs is 1. The molecule has 1 heterocycles. The number of halogens is 2. The smallest absolute Gasteiger partial charge is 0.170 e. The predicted molar refractivity (Wildman–Crippen MR) is 78.1 cm³/mol. The SMILES string of the molecule is OC(COc1cccc(Cl)c1)c1cc2cccc(F)c2o1. The number of ether oxygens (including phenoxy) is 1. The molecule has 0 saturated carbocycles. The van der Waals surface area contributed by atoms with Crippen molar-refractivity contribution in [2.24, 2.45) is 0 Å². The van der Waals surface area contributed by atoms with E-state index in [1.807, 2.05) is 0 Å². The van der Waals surface area contributed by atoms with E-state index in [-0.39, 0.29) is 18.0 Å². The number of aliphatic hydroxyl groups is 1. The van der Waals surface area contributed by atoms with Gasteiger partial charge in [-0.05, 0) is 30.3 Å². The van der Waals surface area contributed by atoms with E-state index in [0.717, 1.165) is 0 Å². The Kier molecular flexibility index (Phi) is 3.82. The van der Waals surface area contributed by atoms with Gasteiger partial charge in [-0.25, -0.2) is 4.39 Å². The van der Waals surface area contributed by atoms with E-state index in [1.54, 1.807) is 42.5 Å². The molecule has 0 amide bonds. The van der Waals surface area contributed by atoms with Crippen LogP contribution in [0, 0.1) is 5.82 Å². The van der Waals surface area contributed by atoms with Gasteiger partial charge in [0.05, 0.1) is 0 Å². The molecule has 3 nitrogen and oxygen atoms in total. The number of hydrogen-bond donors (Lipinski definition) is 1. The Hall–Kier alpha value is -2.04. The van der Waals surface area contributed by atoms with Gasteiger partial charge < -0.3 is 14.3 Å². The molecule has 0 fully saturated rings. The molecule has 108 valence electrons. The van der Waals surface area contributed by atoms with Gasteiger partial charge in [0.2, 0.25) is 0 Å². The van der Waals surface area contributed by atoms with Gasteiger partial charge in [-0.2, -0.15) is 0 Å². The minimum Gasteiger partial charge on any atom is -0.490 e. The van der Waals surface area contributed by atoms with Crippen LogP contribution in [0.2, 0.25) is 5.02 Å². The first-order valence-corrected chi connectivity index (χ1v) is 6.75. The molecule has 0 spiro atoms. The van der Waals surface area contributed by atoms with E-state index in [4.69, 9.17) is 20.8 Å². The zero-order chi connectivity index (χ0) is 14.8. The molecule has 5 heteroatoms. The summed E-state index contributed by atoms with van der Waals surface area (Å²) in [4.78, 5) is 0. The second kappa shape index (κ2) is 5.76. The van der Waals surface area contributed by atoms with Crippen molar-refractivity contribution in [1.82, 2.24) is 0 Å². The lowest BCUT2D eigenvalue weighted by Crippen LogP contribution is -2.08. The van der Waals surface area contributed by atoms with Crippen LogP contribution in [-0.2, 0) is 0 Å². The molecular weight excluding hydrogens is 295 g/mol. The number of benzene rings is 2. The van der Waals surface area contributed by atoms with Crippen LogP contribution in [0.5, 0.6) is 5.75 Å². The molecular formula is C16H12ClFO3. The lowest BCUT2D eigenvalue weighted by molar-refractivity contribution is 0.0901. The Morgan fingerprint density at radius 2 is 2.00 bits per heavy atom. The van der Waals surface area contributed by atoms with Crippen LogP contribution in [0.25, 0.3) is 11.0 Å². The summed E-state index contributed by atoms with van der Waals surface area (Å²) in [6.45, 7) is -0.0121. The van der Waals surface area contributed by atoms with Crippen molar-refractivity contribution in [2.75, 3.05) is 6.61 Å². The first kappa shape index (κ1) is 13.9. The van der Waals surface area contributed by atoms with Gasteiger partial charge in [0.15, 0.2) is 11.4 Å². The average Bonchev–Trinajstić information content (AvgIpc) is 2.90. The van der Waals surface area contributed by atoms with Crippen LogP contribution in [0.3, 0.4) is 0 Å². The standard InChI is InChI=1S/C16H12ClFO3/c17-11-4-2-5-12(8-11)20-9-14(19)15-7-10-3-1-6-13(18)16(10)21-15/h1-8,14,19H,9H2. The van der Waals surface area contributed by atoms with Gasteiger partial charge in [0.25, 0.3) is 0 Å². The Labute approximate surface area is 125 Å². The van der Waals surface area contributed by atoms with Crippen LogP contribution in [0.15, 0.2) is 52.9 Å². The predicted octanol–water partition coefficient (Wildman–Crippen LogP) is 4.34. The van der Waals surface area contributed by atoms with Crippen LogP contribution in [0.1, 0.15) is 11.9 Å². The highest BCUT2D eigenvalue weighted by Gasteiger charge is 2.16. The van der Waals surface area contributed by atoms with Gasteiger partial charge in [-0.1, -0.05) is 29.8 Å². The molecule has 0 aliphatic rings. The first-order valence-electron chi connectivity index (χ1n) is 6.38. The monoisotopic (exact) mass is 306 g/mol. The molecule has 21 heavy (non-hydrogen) atoms. The molecule has 3 aromatic rings. The topological polar surface area (TPSA) is 42.6 Å². The van der Waals surface area contributed by atoms with Crippen molar-refractivity contribution in [3.63, 3.8) is 0 Å². The quantitative estimate of drug-likeness (QED) is 0.780. The largest absolute Gasteiger partial charge is 0.490 e. The van der Waals surface area contributed by atoms with E-state index in [1.165, 1.54) is 6.07 Å². The third-order valence-corrected chi connectivity index (χ3v) is 3.28. The van der Waals surface area contributed by atoms with Crippen molar-refractivity contribution < 1.29 is 18.7 Å². The van der Waals surface area contributed by atoms with Crippen molar-refractivity contribution >= 4 is 22.6 Å². The Morgan fingerprint density at radius 3 is 2.76 bits per heavy atom. The second-order valence-corrected chi connectivity index (χ2v) is 5.03. The van der Waals surface area contributed by atoms with E-state index in [0.29, 0.717) is 16.2 Å². The highest BCUT2D eigenvalue weighted by atomic mass is 35.5. The van der Waals surface area contributed by atoms with Crippen LogP contribution in [-0.4, -0.2) is 11.7 Å². The minimum absolute atomic E-state index is 0.0121. The van der Waals surface area contributed by atoms with Crippen molar-refractivity contribution in [1.29, 1.82) is 0 Å². The summed E-state index contributed by atoms with van der Waals surface area (Å²) in [6.07, 6.45) is -0.990. The van der Waals surface area contributed by atoms with E-state index in [2.05, 4.69) is 0 Å². The first-order chi connectivity index (χ1) is 10.1. The maximum absolute atomic E-state index is 13.5. The van der Waals surface area contributed by atoms with E-state index >= 15 is 0 Å². The average molecular weight is 307 g/mol. The summed E-state index contributed by atoms with van der Waals surface area (Å²) in [5.74, 6) is 0.350. The van der Waals surface area contributed by atoms with E-state index < -0.39 is 11.9 Å². The molecule has 0 bridgehead atoms. The molecule has 1 N–H and O–H groups in total. The Balaban J connectivity index is 1.75. The number of furan rings is 1. The number of aliphatic hydroxyl groups excluding tert-OH is 1. The second-order valence-electron chi connectivity index (χ2n) is 4.59. The lowest BCUT2D eigenvalue weighted by Gasteiger charge is -2.10. The Morgan fingerprint density at radius 1 is 1.19 bits per heavy atom. The van der Waals surface area contributed by atoms with Gasteiger partial charge >= 0.3 is 0 Å². The van der Waals surface area contributed by atoms with Crippen molar-refractivity contribution in [3.8, 4) is 5.75 Å². The van der Waals surface area contributed by atoms with Crippen LogP contribution < -0.4 is 4.74 Å². The molecule has 0 aliphatic heterocycles. The summed E-state index contributed by atoms with van der Waals surface area (Å²) >= 11 is 5.85. The summed E-state index contributed by atoms with van der Waals surface area (Å²) < 4.78 is 24.3. The van der Waals surface area contributed by atoms with Crippen LogP contribution >= 0.6 is 11.6 Å². The van der Waals surface area contributed by atoms with Crippen molar-refractivity contribution in [3.05, 3.63) is 65.1 Å². The van der Waals surface area contributed by atoms with E-state index in [9.17, 15) is 9.50 Å². The zero-order valence-electron chi connectivity index (χ0n) is 10.9. The van der Waals surface area contributed by atoms with Crippen molar-refractivity contribution in [2.45, 2.75) is 6.10 Å². The molecule has 0 radical (unpaired) electrons. The summed E-state index contributed by atoms with van der Waals surface area (Å²) in [6, 6.07) is 13.1. The molecule has 0 saturated heterocycles. The maximum Gasteiger partial charge on any atom is 0.170 e. The molecule has 3 rings (SSSR count). The molecule has 1 unspecified atom stereocenters. The lowest BCUT2D eigenvalue weighted by atomic mass is 10.2. The number of hydrogen-bond acceptors (Lipinski definition) is 3.